The van der Waals surface area contributed by atoms with Crippen LogP contribution in [-0.2, 0) is 0 Å². The summed E-state index contributed by atoms with van der Waals surface area (Å²) in [5.41, 5.74) is 0. The maximum absolute atomic E-state index is 9.28. The van der Waals surface area contributed by atoms with Crippen molar-refractivity contribution < 1.29 is 9.84 Å². The van der Waals surface area contributed by atoms with E-state index < -0.39 is 0 Å². The highest BCUT2D eigenvalue weighted by Gasteiger charge is 2.08. The molecule has 1 heterocycles. The van der Waals surface area contributed by atoms with Gasteiger partial charge in [-0.05, 0) is 23.9 Å². The van der Waals surface area contributed by atoms with Crippen molar-refractivity contribution in [1.29, 1.82) is 0 Å². The minimum Gasteiger partial charge on any atom is -0.502 e. The Labute approximate surface area is 74.9 Å². The first-order chi connectivity index (χ1) is 5.86. The number of rotatable bonds is 0. The van der Waals surface area contributed by atoms with E-state index in [0.717, 1.165) is 10.6 Å². The Bertz CT molecular complexity index is 320. The number of benzene rings is 1. The Hall–Kier alpha value is -1.09. The number of fused-ring (bicyclic) bond motifs is 1. The summed E-state index contributed by atoms with van der Waals surface area (Å²) in [6, 6.07) is 7.67. The van der Waals surface area contributed by atoms with Gasteiger partial charge in [-0.1, -0.05) is 12.1 Å². The van der Waals surface area contributed by atoms with Crippen LogP contribution in [-0.4, -0.2) is 11.7 Å². The van der Waals surface area contributed by atoms with E-state index in [1.165, 1.54) is 11.8 Å². The van der Waals surface area contributed by atoms with Gasteiger partial charge in [0.1, 0.15) is 12.4 Å². The molecule has 0 spiro atoms. The quantitative estimate of drug-likeness (QED) is 0.665. The van der Waals surface area contributed by atoms with E-state index in [9.17, 15) is 5.11 Å². The van der Waals surface area contributed by atoms with E-state index in [0.29, 0.717) is 11.7 Å². The lowest BCUT2D eigenvalue weighted by molar-refractivity contribution is 0.350. The zero-order chi connectivity index (χ0) is 8.39. The largest absolute Gasteiger partial charge is 0.502 e. The van der Waals surface area contributed by atoms with Crippen molar-refractivity contribution in [2.45, 2.75) is 4.90 Å². The Morgan fingerprint density at radius 2 is 2.17 bits per heavy atom. The van der Waals surface area contributed by atoms with E-state index in [1.807, 2.05) is 24.3 Å². The summed E-state index contributed by atoms with van der Waals surface area (Å²) in [5, 5.41) is 9.59. The normalized spacial score (nSPS) is 15.5. The minimum atomic E-state index is 0.306. The van der Waals surface area contributed by atoms with Gasteiger partial charge in [-0.15, -0.1) is 0 Å². The molecular formula is C9H8O2S. The van der Waals surface area contributed by atoms with Gasteiger partial charge >= 0.3 is 0 Å². The second-order valence-electron chi connectivity index (χ2n) is 2.40. The highest BCUT2D eigenvalue weighted by Crippen LogP contribution is 2.34. The number of aliphatic hydroxyl groups excluding tert-OH is 1. The van der Waals surface area contributed by atoms with Gasteiger partial charge < -0.3 is 9.84 Å². The van der Waals surface area contributed by atoms with Crippen molar-refractivity contribution in [2.24, 2.45) is 0 Å². The monoisotopic (exact) mass is 180 g/mol. The number of hydrogen-bond acceptors (Lipinski definition) is 3. The molecule has 0 atom stereocenters. The van der Waals surface area contributed by atoms with Crippen LogP contribution in [0.5, 0.6) is 5.75 Å². The van der Waals surface area contributed by atoms with Crippen molar-refractivity contribution in [1.82, 2.24) is 0 Å². The van der Waals surface area contributed by atoms with Crippen molar-refractivity contribution in [3.05, 3.63) is 35.4 Å². The van der Waals surface area contributed by atoms with Crippen LogP contribution in [0.3, 0.4) is 0 Å². The first-order valence-electron chi connectivity index (χ1n) is 3.65. The highest BCUT2D eigenvalue weighted by molar-refractivity contribution is 8.03. The summed E-state index contributed by atoms with van der Waals surface area (Å²) >= 11 is 1.32. The highest BCUT2D eigenvalue weighted by atomic mass is 32.2. The van der Waals surface area contributed by atoms with Crippen LogP contribution < -0.4 is 4.74 Å². The fourth-order valence-electron chi connectivity index (χ4n) is 1.01. The van der Waals surface area contributed by atoms with Gasteiger partial charge in [0.05, 0.1) is 4.90 Å². The summed E-state index contributed by atoms with van der Waals surface area (Å²) in [5.74, 6) is 0.836. The predicted octanol–water partition coefficient (Wildman–Crippen LogP) is 2.57. The molecule has 2 nitrogen and oxygen atoms in total. The third kappa shape index (κ3) is 1.41. The van der Waals surface area contributed by atoms with Crippen molar-refractivity contribution in [2.75, 3.05) is 6.61 Å². The standard InChI is InChI=1S/C9H8O2S/c10-9-5-6-11-7-3-1-2-4-8(7)12-9/h1-5,10H,6H2. The van der Waals surface area contributed by atoms with Gasteiger partial charge in [-0.2, -0.15) is 0 Å². The summed E-state index contributed by atoms with van der Waals surface area (Å²) in [6.45, 7) is 0.440. The van der Waals surface area contributed by atoms with Crippen LogP contribution in [0, 0.1) is 0 Å². The number of hydrogen-bond donors (Lipinski definition) is 1. The molecule has 0 aromatic heterocycles. The van der Waals surface area contributed by atoms with Crippen molar-refractivity contribution in [3.8, 4) is 5.75 Å². The molecule has 0 fully saturated rings. The average Bonchev–Trinajstić information content (AvgIpc) is 2.25. The molecule has 1 aromatic carbocycles. The topological polar surface area (TPSA) is 29.5 Å². The zero-order valence-corrected chi connectivity index (χ0v) is 7.17. The Morgan fingerprint density at radius 3 is 3.08 bits per heavy atom. The summed E-state index contributed by atoms with van der Waals surface area (Å²) in [6.07, 6.45) is 1.66. The first kappa shape index (κ1) is 7.55. The number of thioether (sulfide) groups is 1. The number of ether oxygens (including phenoxy) is 1. The molecule has 1 aliphatic rings. The van der Waals surface area contributed by atoms with Gasteiger partial charge in [0.2, 0.25) is 0 Å². The number of para-hydroxylation sites is 1. The molecule has 0 amide bonds. The minimum absolute atomic E-state index is 0.306. The third-order valence-corrected chi connectivity index (χ3v) is 2.49. The molecule has 2 rings (SSSR count). The lowest BCUT2D eigenvalue weighted by Crippen LogP contribution is -1.91. The summed E-state index contributed by atoms with van der Waals surface area (Å²) in [4.78, 5) is 0.962. The molecule has 0 radical (unpaired) electrons. The Morgan fingerprint density at radius 1 is 1.33 bits per heavy atom. The molecule has 12 heavy (non-hydrogen) atoms. The molecule has 0 saturated heterocycles. The van der Waals surface area contributed by atoms with Gasteiger partial charge in [0.15, 0.2) is 5.09 Å². The molecule has 0 saturated carbocycles. The molecule has 0 bridgehead atoms. The second kappa shape index (κ2) is 3.11. The Kier molecular flexibility index (Phi) is 1.96. The predicted molar refractivity (Wildman–Crippen MR) is 48.5 cm³/mol. The zero-order valence-electron chi connectivity index (χ0n) is 6.36. The molecule has 1 aliphatic heterocycles. The molecule has 0 aliphatic carbocycles. The number of aliphatic hydroxyl groups is 1. The average molecular weight is 180 g/mol. The smallest absolute Gasteiger partial charge is 0.154 e. The van der Waals surface area contributed by atoms with Crippen molar-refractivity contribution >= 4 is 11.8 Å². The molecule has 1 aromatic rings. The summed E-state index contributed by atoms with van der Waals surface area (Å²) in [7, 11) is 0. The maximum atomic E-state index is 9.28. The van der Waals surface area contributed by atoms with E-state index in [4.69, 9.17) is 4.74 Å². The van der Waals surface area contributed by atoms with Crippen LogP contribution in [0.1, 0.15) is 0 Å². The molecule has 3 heteroatoms. The summed E-state index contributed by atoms with van der Waals surface area (Å²) < 4.78 is 5.36. The Balaban J connectivity index is 2.38. The fraction of sp³-hybridized carbons (Fsp3) is 0.111. The lowest BCUT2D eigenvalue weighted by Gasteiger charge is -2.03. The van der Waals surface area contributed by atoms with E-state index in [2.05, 4.69) is 0 Å². The van der Waals surface area contributed by atoms with Crippen LogP contribution >= 0.6 is 11.8 Å². The lowest BCUT2D eigenvalue weighted by atomic mass is 10.3. The molecular weight excluding hydrogens is 172 g/mol. The SMILES string of the molecule is OC1=CCOc2ccccc2S1. The van der Waals surface area contributed by atoms with Crippen LogP contribution in [0.15, 0.2) is 40.3 Å². The van der Waals surface area contributed by atoms with E-state index in [1.54, 1.807) is 6.08 Å². The van der Waals surface area contributed by atoms with E-state index >= 15 is 0 Å². The van der Waals surface area contributed by atoms with Gasteiger partial charge in [-0.3, -0.25) is 0 Å². The fourth-order valence-corrected chi connectivity index (χ4v) is 1.76. The molecule has 62 valence electrons. The first-order valence-corrected chi connectivity index (χ1v) is 4.47. The van der Waals surface area contributed by atoms with Crippen LogP contribution in [0.4, 0.5) is 0 Å². The maximum Gasteiger partial charge on any atom is 0.154 e. The van der Waals surface area contributed by atoms with Gasteiger partial charge in [-0.25, -0.2) is 0 Å². The molecule has 1 N–H and O–H groups in total. The van der Waals surface area contributed by atoms with Crippen LogP contribution in [0.25, 0.3) is 0 Å². The third-order valence-electron chi connectivity index (χ3n) is 1.56. The van der Waals surface area contributed by atoms with Crippen LogP contribution in [0.2, 0.25) is 0 Å². The van der Waals surface area contributed by atoms with Gasteiger partial charge in [0, 0.05) is 6.08 Å². The van der Waals surface area contributed by atoms with E-state index in [-0.39, 0.29) is 0 Å². The van der Waals surface area contributed by atoms with Gasteiger partial charge in [0.25, 0.3) is 0 Å². The second-order valence-corrected chi connectivity index (χ2v) is 3.46. The molecule has 0 unspecified atom stereocenters. The van der Waals surface area contributed by atoms with Crippen molar-refractivity contribution in [3.63, 3.8) is 0 Å².